The second-order valence-electron chi connectivity index (χ2n) is 3.98. The molecular formula is C13H15NS. The second-order valence-corrected chi connectivity index (χ2v) is 5.23. The van der Waals surface area contributed by atoms with Gasteiger partial charge in [0, 0.05) is 27.2 Å². The molecule has 2 aromatic rings. The fraction of sp³-hybridized carbons (Fsp3) is 0.308. The third kappa shape index (κ3) is 1.95. The molecular weight excluding hydrogens is 202 g/mol. The average Bonchev–Trinajstić information content (AvgIpc) is 2.52. The van der Waals surface area contributed by atoms with Crippen LogP contribution >= 0.6 is 11.3 Å². The summed E-state index contributed by atoms with van der Waals surface area (Å²) in [6, 6.07) is 4.46. The summed E-state index contributed by atoms with van der Waals surface area (Å²) in [5.41, 5.74) is 4.98. The molecule has 2 rings (SSSR count). The Bertz CT molecular complexity index is 478. The number of hydrogen-bond acceptors (Lipinski definition) is 2. The Labute approximate surface area is 94.8 Å². The number of aromatic nitrogens is 1. The summed E-state index contributed by atoms with van der Waals surface area (Å²) < 4.78 is 0. The molecule has 0 aromatic carbocycles. The SMILES string of the molecule is Cc1cc(-c2cc(C)c(C)s2)cnc1C. The van der Waals surface area contributed by atoms with Crippen molar-refractivity contribution in [3.8, 4) is 10.4 Å². The van der Waals surface area contributed by atoms with Gasteiger partial charge in [-0.2, -0.15) is 0 Å². The largest absolute Gasteiger partial charge is 0.261 e. The Balaban J connectivity index is 2.49. The van der Waals surface area contributed by atoms with Crippen molar-refractivity contribution in [1.82, 2.24) is 4.98 Å². The van der Waals surface area contributed by atoms with Crippen LogP contribution in [0.15, 0.2) is 18.3 Å². The first kappa shape index (κ1) is 10.4. The van der Waals surface area contributed by atoms with Gasteiger partial charge in [-0.3, -0.25) is 4.98 Å². The van der Waals surface area contributed by atoms with Gasteiger partial charge >= 0.3 is 0 Å². The van der Waals surface area contributed by atoms with Crippen LogP contribution in [0.3, 0.4) is 0 Å². The number of thiophene rings is 1. The quantitative estimate of drug-likeness (QED) is 0.702. The molecule has 0 radical (unpaired) electrons. The van der Waals surface area contributed by atoms with Gasteiger partial charge in [-0.1, -0.05) is 0 Å². The Morgan fingerprint density at radius 3 is 2.27 bits per heavy atom. The first-order valence-electron chi connectivity index (χ1n) is 5.08. The van der Waals surface area contributed by atoms with Crippen molar-refractivity contribution in [3.05, 3.63) is 40.0 Å². The minimum atomic E-state index is 1.11. The molecule has 0 aliphatic heterocycles. The fourth-order valence-corrected chi connectivity index (χ4v) is 2.51. The minimum Gasteiger partial charge on any atom is -0.261 e. The molecule has 0 N–H and O–H groups in total. The molecule has 0 spiro atoms. The van der Waals surface area contributed by atoms with E-state index in [9.17, 15) is 0 Å². The van der Waals surface area contributed by atoms with Gasteiger partial charge in [0.1, 0.15) is 0 Å². The van der Waals surface area contributed by atoms with E-state index in [1.165, 1.54) is 26.4 Å². The summed E-state index contributed by atoms with van der Waals surface area (Å²) >= 11 is 1.84. The van der Waals surface area contributed by atoms with E-state index in [0.29, 0.717) is 0 Å². The minimum absolute atomic E-state index is 1.11. The zero-order chi connectivity index (χ0) is 11.0. The molecule has 2 heteroatoms. The van der Waals surface area contributed by atoms with Crippen LogP contribution in [-0.2, 0) is 0 Å². The summed E-state index contributed by atoms with van der Waals surface area (Å²) in [5, 5.41) is 0. The van der Waals surface area contributed by atoms with Crippen molar-refractivity contribution in [1.29, 1.82) is 0 Å². The molecule has 0 saturated carbocycles. The molecule has 0 unspecified atom stereocenters. The number of aryl methyl sites for hydroxylation is 4. The van der Waals surface area contributed by atoms with Crippen molar-refractivity contribution in [2.24, 2.45) is 0 Å². The molecule has 78 valence electrons. The van der Waals surface area contributed by atoms with Crippen LogP contribution in [0.4, 0.5) is 0 Å². The standard InChI is InChI=1S/C13H15NS/c1-8-5-12(7-14-10(8)3)13-6-9(2)11(4)15-13/h5-7H,1-4H3. The summed E-state index contributed by atoms with van der Waals surface area (Å²) in [6.45, 7) is 8.48. The van der Waals surface area contributed by atoms with Gasteiger partial charge in [0.25, 0.3) is 0 Å². The Kier molecular flexibility index (Phi) is 2.61. The van der Waals surface area contributed by atoms with Crippen molar-refractivity contribution in [3.63, 3.8) is 0 Å². The zero-order valence-electron chi connectivity index (χ0n) is 9.59. The third-order valence-corrected chi connectivity index (χ3v) is 3.99. The molecule has 0 bridgehead atoms. The normalized spacial score (nSPS) is 10.7. The first-order chi connectivity index (χ1) is 7.08. The smallest absolute Gasteiger partial charge is 0.0402 e. The van der Waals surface area contributed by atoms with Crippen LogP contribution in [0.2, 0.25) is 0 Å². The lowest BCUT2D eigenvalue weighted by molar-refractivity contribution is 1.15. The molecule has 0 saturated heterocycles. The summed E-state index contributed by atoms with van der Waals surface area (Å²) in [4.78, 5) is 7.11. The number of hydrogen-bond donors (Lipinski definition) is 0. The molecule has 0 atom stereocenters. The van der Waals surface area contributed by atoms with Gasteiger partial charge in [0.15, 0.2) is 0 Å². The lowest BCUT2D eigenvalue weighted by atomic mass is 10.1. The summed E-state index contributed by atoms with van der Waals surface area (Å²) in [6.07, 6.45) is 1.97. The van der Waals surface area contributed by atoms with Gasteiger partial charge in [0.2, 0.25) is 0 Å². The number of nitrogens with zero attached hydrogens (tertiary/aromatic N) is 1. The Morgan fingerprint density at radius 1 is 1.00 bits per heavy atom. The fourth-order valence-electron chi connectivity index (χ4n) is 1.49. The van der Waals surface area contributed by atoms with E-state index in [1.807, 2.05) is 24.5 Å². The van der Waals surface area contributed by atoms with Crippen molar-refractivity contribution < 1.29 is 0 Å². The van der Waals surface area contributed by atoms with Gasteiger partial charge < -0.3 is 0 Å². The van der Waals surface area contributed by atoms with Crippen LogP contribution in [0, 0.1) is 27.7 Å². The van der Waals surface area contributed by atoms with E-state index in [-0.39, 0.29) is 0 Å². The molecule has 0 fully saturated rings. The third-order valence-electron chi connectivity index (χ3n) is 2.79. The topological polar surface area (TPSA) is 12.9 Å². The molecule has 0 aliphatic carbocycles. The second kappa shape index (κ2) is 3.78. The van der Waals surface area contributed by atoms with Crippen LogP contribution in [0.5, 0.6) is 0 Å². The van der Waals surface area contributed by atoms with E-state index >= 15 is 0 Å². The molecule has 15 heavy (non-hydrogen) atoms. The van der Waals surface area contributed by atoms with E-state index < -0.39 is 0 Å². The predicted octanol–water partition coefficient (Wildman–Crippen LogP) is 4.04. The maximum atomic E-state index is 4.40. The maximum Gasteiger partial charge on any atom is 0.0402 e. The molecule has 0 amide bonds. The highest BCUT2D eigenvalue weighted by Gasteiger charge is 2.05. The van der Waals surface area contributed by atoms with Crippen molar-refractivity contribution >= 4 is 11.3 Å². The lowest BCUT2D eigenvalue weighted by Gasteiger charge is -2.01. The van der Waals surface area contributed by atoms with Crippen LogP contribution in [0.1, 0.15) is 21.7 Å². The summed E-state index contributed by atoms with van der Waals surface area (Å²) in [7, 11) is 0. The van der Waals surface area contributed by atoms with Gasteiger partial charge in [-0.05, 0) is 51.0 Å². The molecule has 2 heterocycles. The van der Waals surface area contributed by atoms with E-state index in [2.05, 4.69) is 37.9 Å². The predicted molar refractivity (Wildman–Crippen MR) is 66.5 cm³/mol. The van der Waals surface area contributed by atoms with Crippen molar-refractivity contribution in [2.45, 2.75) is 27.7 Å². The highest BCUT2D eigenvalue weighted by atomic mass is 32.1. The van der Waals surface area contributed by atoms with Crippen LogP contribution < -0.4 is 0 Å². The molecule has 0 aliphatic rings. The highest BCUT2D eigenvalue weighted by molar-refractivity contribution is 7.15. The molecule has 1 nitrogen and oxygen atoms in total. The average molecular weight is 217 g/mol. The highest BCUT2D eigenvalue weighted by Crippen LogP contribution is 2.30. The Morgan fingerprint density at radius 2 is 1.73 bits per heavy atom. The number of pyridine rings is 1. The maximum absolute atomic E-state index is 4.40. The lowest BCUT2D eigenvalue weighted by Crippen LogP contribution is -1.86. The first-order valence-corrected chi connectivity index (χ1v) is 5.90. The number of rotatable bonds is 1. The molecule has 2 aromatic heterocycles. The van der Waals surface area contributed by atoms with E-state index in [4.69, 9.17) is 0 Å². The van der Waals surface area contributed by atoms with Crippen molar-refractivity contribution in [2.75, 3.05) is 0 Å². The van der Waals surface area contributed by atoms with E-state index in [0.717, 1.165) is 5.69 Å². The summed E-state index contributed by atoms with van der Waals surface area (Å²) in [5.74, 6) is 0. The van der Waals surface area contributed by atoms with Gasteiger partial charge in [-0.15, -0.1) is 11.3 Å². The Hall–Kier alpha value is -1.15. The monoisotopic (exact) mass is 217 g/mol. The zero-order valence-corrected chi connectivity index (χ0v) is 10.4. The van der Waals surface area contributed by atoms with Gasteiger partial charge in [0.05, 0.1) is 0 Å². The van der Waals surface area contributed by atoms with Crippen LogP contribution in [0.25, 0.3) is 10.4 Å². The van der Waals surface area contributed by atoms with E-state index in [1.54, 1.807) is 0 Å². The van der Waals surface area contributed by atoms with Crippen LogP contribution in [-0.4, -0.2) is 4.98 Å². The van der Waals surface area contributed by atoms with Gasteiger partial charge in [-0.25, -0.2) is 0 Å².